The molecule has 1 aromatic carbocycles. The second-order valence-electron chi connectivity index (χ2n) is 5.79. The summed E-state index contributed by atoms with van der Waals surface area (Å²) in [5, 5.41) is 4.77. The van der Waals surface area contributed by atoms with Crippen molar-refractivity contribution < 1.29 is 0 Å². The zero-order chi connectivity index (χ0) is 16.2. The van der Waals surface area contributed by atoms with Gasteiger partial charge in [0.25, 0.3) is 0 Å². The Morgan fingerprint density at radius 3 is 2.08 bits per heavy atom. The highest BCUT2D eigenvalue weighted by atomic mass is 35.5. The lowest BCUT2D eigenvalue weighted by Gasteiger charge is -2.22. The van der Waals surface area contributed by atoms with Gasteiger partial charge in [0, 0.05) is 6.54 Å². The van der Waals surface area contributed by atoms with Crippen LogP contribution in [0, 0.1) is 0 Å². The van der Waals surface area contributed by atoms with Gasteiger partial charge in [-0.2, -0.15) is 0 Å². The van der Waals surface area contributed by atoms with E-state index in [1.807, 2.05) is 18.2 Å². The van der Waals surface area contributed by atoms with Crippen molar-refractivity contribution in [2.45, 2.75) is 52.5 Å². The lowest BCUT2D eigenvalue weighted by molar-refractivity contribution is 0.261. The molecule has 0 saturated carbocycles. The van der Waals surface area contributed by atoms with Crippen molar-refractivity contribution in [3.63, 3.8) is 0 Å². The average molecular weight is 418 g/mol. The minimum Gasteiger partial charge on any atom is -0.313 e. The van der Waals surface area contributed by atoms with Crippen LogP contribution in [0.15, 0.2) is 18.2 Å². The van der Waals surface area contributed by atoms with Gasteiger partial charge in [-0.15, -0.1) is 24.8 Å². The monoisotopic (exact) mass is 416 g/mol. The minimum absolute atomic E-state index is 0. The fourth-order valence-electron chi connectivity index (χ4n) is 2.43. The van der Waals surface area contributed by atoms with Gasteiger partial charge in [0.15, 0.2) is 0 Å². The standard InChI is InChI=1S/C18H30Cl2N2.2ClH/c1-3-5-12-22(13-6-4-2)14-8-11-21-15-16-9-7-10-17(19)18(16)20;;/h7,9-10,21H,3-6,8,11-15H2,1-2H3;2*1H. The maximum Gasteiger partial charge on any atom is 0.0637 e. The number of rotatable bonds is 12. The molecule has 0 heterocycles. The predicted molar refractivity (Wildman–Crippen MR) is 114 cm³/mol. The van der Waals surface area contributed by atoms with Crippen molar-refractivity contribution in [1.82, 2.24) is 10.2 Å². The van der Waals surface area contributed by atoms with Crippen LogP contribution >= 0.6 is 48.0 Å². The van der Waals surface area contributed by atoms with Gasteiger partial charge in [-0.1, -0.05) is 62.0 Å². The molecular weight excluding hydrogens is 386 g/mol. The number of hydrogen-bond acceptors (Lipinski definition) is 2. The number of unbranched alkanes of at least 4 members (excludes halogenated alkanes) is 2. The third kappa shape index (κ3) is 11.0. The van der Waals surface area contributed by atoms with Gasteiger partial charge in [0.05, 0.1) is 10.0 Å². The Kier molecular flexibility index (Phi) is 18.5. The summed E-state index contributed by atoms with van der Waals surface area (Å²) in [5.74, 6) is 0. The van der Waals surface area contributed by atoms with Crippen molar-refractivity contribution >= 4 is 48.0 Å². The quantitative estimate of drug-likeness (QED) is 0.406. The molecule has 1 aromatic rings. The maximum absolute atomic E-state index is 6.19. The predicted octanol–water partition coefficient (Wildman–Crippen LogP) is 6.22. The van der Waals surface area contributed by atoms with Crippen molar-refractivity contribution in [1.29, 1.82) is 0 Å². The first-order chi connectivity index (χ1) is 10.7. The zero-order valence-corrected chi connectivity index (χ0v) is 18.0. The molecule has 2 nitrogen and oxygen atoms in total. The van der Waals surface area contributed by atoms with Crippen molar-refractivity contribution in [3.05, 3.63) is 33.8 Å². The number of hydrogen-bond donors (Lipinski definition) is 1. The minimum atomic E-state index is 0. The molecular formula is C18H32Cl4N2. The highest BCUT2D eigenvalue weighted by molar-refractivity contribution is 6.42. The molecule has 0 saturated heterocycles. The Bertz CT molecular complexity index is 408. The first-order valence-electron chi connectivity index (χ1n) is 8.55. The third-order valence-corrected chi connectivity index (χ3v) is 4.69. The molecule has 0 aliphatic carbocycles. The second-order valence-corrected chi connectivity index (χ2v) is 6.58. The van der Waals surface area contributed by atoms with Gasteiger partial charge >= 0.3 is 0 Å². The van der Waals surface area contributed by atoms with E-state index < -0.39 is 0 Å². The summed E-state index contributed by atoms with van der Waals surface area (Å²) in [7, 11) is 0. The Balaban J connectivity index is 0. The van der Waals surface area contributed by atoms with E-state index in [-0.39, 0.29) is 24.8 Å². The summed E-state index contributed by atoms with van der Waals surface area (Å²) in [6.45, 7) is 9.95. The van der Waals surface area contributed by atoms with Gasteiger partial charge in [-0.25, -0.2) is 0 Å². The molecule has 0 amide bonds. The van der Waals surface area contributed by atoms with E-state index in [2.05, 4.69) is 24.1 Å². The summed E-state index contributed by atoms with van der Waals surface area (Å²) in [6.07, 6.45) is 6.32. The average Bonchev–Trinajstić information content (AvgIpc) is 2.52. The van der Waals surface area contributed by atoms with E-state index in [9.17, 15) is 0 Å². The summed E-state index contributed by atoms with van der Waals surface area (Å²) >= 11 is 12.2. The molecule has 0 aliphatic heterocycles. The molecule has 0 aromatic heterocycles. The lowest BCUT2D eigenvalue weighted by Crippen LogP contribution is -2.29. The van der Waals surface area contributed by atoms with Crippen LogP contribution in [0.25, 0.3) is 0 Å². The number of nitrogens with one attached hydrogen (secondary N) is 1. The van der Waals surface area contributed by atoms with Crippen LogP contribution in [0.3, 0.4) is 0 Å². The van der Waals surface area contributed by atoms with Crippen LogP contribution in [-0.2, 0) is 6.54 Å². The van der Waals surface area contributed by atoms with Gasteiger partial charge in [-0.05, 0) is 57.1 Å². The molecule has 0 radical (unpaired) electrons. The highest BCUT2D eigenvalue weighted by Crippen LogP contribution is 2.25. The topological polar surface area (TPSA) is 15.3 Å². The van der Waals surface area contributed by atoms with Crippen LogP contribution in [0.1, 0.15) is 51.5 Å². The van der Waals surface area contributed by atoms with E-state index in [4.69, 9.17) is 23.2 Å². The van der Waals surface area contributed by atoms with Crippen LogP contribution < -0.4 is 5.32 Å². The van der Waals surface area contributed by atoms with Gasteiger partial charge in [0.1, 0.15) is 0 Å². The number of halogens is 4. The molecule has 24 heavy (non-hydrogen) atoms. The van der Waals surface area contributed by atoms with Crippen molar-refractivity contribution in [3.8, 4) is 0 Å². The SMILES string of the molecule is CCCCN(CCCC)CCCNCc1cccc(Cl)c1Cl.Cl.Cl. The first kappa shape index (κ1) is 26.5. The molecule has 1 rings (SSSR count). The normalized spacial score (nSPS) is 10.4. The van der Waals surface area contributed by atoms with Gasteiger partial charge in [-0.3, -0.25) is 0 Å². The summed E-state index contributed by atoms with van der Waals surface area (Å²) in [6, 6.07) is 5.80. The molecule has 0 spiro atoms. The fraction of sp³-hybridized carbons (Fsp3) is 0.667. The van der Waals surface area contributed by atoms with Crippen LogP contribution in [0.2, 0.25) is 10.0 Å². The first-order valence-corrected chi connectivity index (χ1v) is 9.30. The van der Waals surface area contributed by atoms with E-state index in [1.165, 1.54) is 51.7 Å². The molecule has 0 bridgehead atoms. The van der Waals surface area contributed by atoms with Crippen LogP contribution in [0.4, 0.5) is 0 Å². The molecule has 0 unspecified atom stereocenters. The molecule has 0 atom stereocenters. The lowest BCUT2D eigenvalue weighted by atomic mass is 10.2. The van der Waals surface area contributed by atoms with Crippen LogP contribution in [-0.4, -0.2) is 31.1 Å². The Morgan fingerprint density at radius 2 is 1.50 bits per heavy atom. The molecule has 0 fully saturated rings. The Morgan fingerprint density at radius 1 is 0.917 bits per heavy atom. The maximum atomic E-state index is 6.19. The largest absolute Gasteiger partial charge is 0.313 e. The fourth-order valence-corrected chi connectivity index (χ4v) is 2.82. The molecule has 0 aliphatic rings. The summed E-state index contributed by atoms with van der Waals surface area (Å²) < 4.78 is 0. The van der Waals surface area contributed by atoms with Crippen molar-refractivity contribution in [2.75, 3.05) is 26.2 Å². The summed E-state index contributed by atoms with van der Waals surface area (Å²) in [5.41, 5.74) is 1.07. The third-order valence-electron chi connectivity index (χ3n) is 3.83. The smallest absolute Gasteiger partial charge is 0.0637 e. The highest BCUT2D eigenvalue weighted by Gasteiger charge is 2.05. The molecule has 6 heteroatoms. The van der Waals surface area contributed by atoms with Crippen molar-refractivity contribution in [2.24, 2.45) is 0 Å². The van der Waals surface area contributed by atoms with Gasteiger partial charge in [0.2, 0.25) is 0 Å². The van der Waals surface area contributed by atoms with E-state index in [0.717, 1.165) is 18.7 Å². The zero-order valence-electron chi connectivity index (χ0n) is 14.8. The molecule has 142 valence electrons. The van der Waals surface area contributed by atoms with Gasteiger partial charge < -0.3 is 10.2 Å². The van der Waals surface area contributed by atoms with E-state index in [0.29, 0.717) is 10.0 Å². The summed E-state index contributed by atoms with van der Waals surface area (Å²) in [4.78, 5) is 2.60. The van der Waals surface area contributed by atoms with E-state index >= 15 is 0 Å². The van der Waals surface area contributed by atoms with E-state index in [1.54, 1.807) is 0 Å². The molecule has 1 N–H and O–H groups in total. The van der Waals surface area contributed by atoms with Crippen LogP contribution in [0.5, 0.6) is 0 Å². The number of benzene rings is 1. The number of nitrogens with zero attached hydrogens (tertiary/aromatic N) is 1. The Labute approximate surface area is 170 Å². The Hall–Kier alpha value is 0.300. The second kappa shape index (κ2) is 16.8.